The van der Waals surface area contributed by atoms with E-state index in [9.17, 15) is 0 Å². The van der Waals surface area contributed by atoms with E-state index in [1.807, 2.05) is 0 Å². The third-order valence-electron chi connectivity index (χ3n) is 1.82. The second-order valence-electron chi connectivity index (χ2n) is 2.90. The summed E-state index contributed by atoms with van der Waals surface area (Å²) in [7, 11) is 0. The van der Waals surface area contributed by atoms with E-state index >= 15 is 0 Å². The molecule has 66 valence electrons. The summed E-state index contributed by atoms with van der Waals surface area (Å²) in [5.74, 6) is 5.24. The van der Waals surface area contributed by atoms with Crippen LogP contribution in [0.2, 0.25) is 0 Å². The van der Waals surface area contributed by atoms with Crippen molar-refractivity contribution in [3.8, 4) is 0 Å². The van der Waals surface area contributed by atoms with Crippen molar-refractivity contribution in [2.24, 2.45) is 10.9 Å². The van der Waals surface area contributed by atoms with Crippen LogP contribution >= 0.6 is 0 Å². The minimum atomic E-state index is 1.09. The Bertz CT molecular complexity index is 98.1. The third-order valence-corrected chi connectivity index (χ3v) is 1.82. The summed E-state index contributed by atoms with van der Waals surface area (Å²) in [6, 6.07) is 0. The summed E-state index contributed by atoms with van der Waals surface area (Å²) in [4.78, 5) is 0. The van der Waals surface area contributed by atoms with Crippen molar-refractivity contribution in [2.45, 2.75) is 52.4 Å². The first kappa shape index (κ1) is 10.5. The molecule has 0 aromatic rings. The van der Waals surface area contributed by atoms with Gasteiger partial charge in [-0.3, -0.25) is 0 Å². The van der Waals surface area contributed by atoms with Crippen molar-refractivity contribution in [1.29, 1.82) is 0 Å². The number of hydrazone groups is 1. The molecule has 11 heavy (non-hydrogen) atoms. The molecule has 0 radical (unpaired) electrons. The predicted octanol–water partition coefficient (Wildman–Crippen LogP) is 2.68. The highest BCUT2D eigenvalue weighted by molar-refractivity contribution is 5.84. The molecule has 0 bridgehead atoms. The monoisotopic (exact) mass is 156 g/mol. The van der Waals surface area contributed by atoms with Gasteiger partial charge in [-0.05, 0) is 25.7 Å². The second-order valence-corrected chi connectivity index (χ2v) is 2.90. The number of rotatable bonds is 6. The highest BCUT2D eigenvalue weighted by Gasteiger charge is 1.96. The lowest BCUT2D eigenvalue weighted by molar-refractivity contribution is 0.782. The Hall–Kier alpha value is -0.530. The molecule has 0 unspecified atom stereocenters. The van der Waals surface area contributed by atoms with Crippen LogP contribution in [0.4, 0.5) is 0 Å². The van der Waals surface area contributed by atoms with Gasteiger partial charge in [0.25, 0.3) is 0 Å². The summed E-state index contributed by atoms with van der Waals surface area (Å²) < 4.78 is 0. The van der Waals surface area contributed by atoms with Gasteiger partial charge >= 0.3 is 0 Å². The number of nitrogens with zero attached hydrogens (tertiary/aromatic N) is 1. The van der Waals surface area contributed by atoms with Gasteiger partial charge < -0.3 is 5.84 Å². The van der Waals surface area contributed by atoms with Gasteiger partial charge in [-0.1, -0.05) is 26.7 Å². The molecule has 2 nitrogen and oxygen atoms in total. The first-order valence-corrected chi connectivity index (χ1v) is 4.60. The van der Waals surface area contributed by atoms with Gasteiger partial charge in [0.2, 0.25) is 0 Å². The highest BCUT2D eigenvalue weighted by atomic mass is 15.1. The van der Waals surface area contributed by atoms with E-state index < -0.39 is 0 Å². The van der Waals surface area contributed by atoms with E-state index in [2.05, 4.69) is 18.9 Å². The van der Waals surface area contributed by atoms with Gasteiger partial charge in [0, 0.05) is 5.71 Å². The first-order valence-electron chi connectivity index (χ1n) is 4.60. The predicted molar refractivity (Wildman–Crippen MR) is 50.7 cm³/mol. The van der Waals surface area contributed by atoms with Crippen molar-refractivity contribution in [1.82, 2.24) is 0 Å². The molecule has 0 aliphatic heterocycles. The highest BCUT2D eigenvalue weighted by Crippen LogP contribution is 2.03. The lowest BCUT2D eigenvalue weighted by Gasteiger charge is -2.01. The average molecular weight is 156 g/mol. The minimum Gasteiger partial charge on any atom is -0.323 e. The van der Waals surface area contributed by atoms with Crippen molar-refractivity contribution < 1.29 is 0 Å². The van der Waals surface area contributed by atoms with Gasteiger partial charge in [-0.15, -0.1) is 0 Å². The van der Waals surface area contributed by atoms with Crippen LogP contribution in [0, 0.1) is 0 Å². The fourth-order valence-corrected chi connectivity index (χ4v) is 1.02. The van der Waals surface area contributed by atoms with Crippen LogP contribution in [0.1, 0.15) is 52.4 Å². The molecule has 0 aromatic carbocycles. The van der Waals surface area contributed by atoms with Crippen molar-refractivity contribution in [3.05, 3.63) is 0 Å². The Morgan fingerprint density at radius 2 is 1.55 bits per heavy atom. The molecule has 0 heterocycles. The quantitative estimate of drug-likeness (QED) is 0.358. The van der Waals surface area contributed by atoms with E-state index in [4.69, 9.17) is 5.84 Å². The molecule has 0 rings (SSSR count). The van der Waals surface area contributed by atoms with Crippen LogP contribution in [0.5, 0.6) is 0 Å². The molecule has 2 N–H and O–H groups in total. The van der Waals surface area contributed by atoms with Crippen molar-refractivity contribution in [2.75, 3.05) is 0 Å². The van der Waals surface area contributed by atoms with Crippen LogP contribution < -0.4 is 5.84 Å². The van der Waals surface area contributed by atoms with E-state index in [0.29, 0.717) is 0 Å². The SMILES string of the molecule is CCCCC(CCCC)=NN. The molecule has 0 amide bonds. The summed E-state index contributed by atoms with van der Waals surface area (Å²) in [5, 5.41) is 3.78. The van der Waals surface area contributed by atoms with Gasteiger partial charge in [-0.2, -0.15) is 5.10 Å². The zero-order valence-corrected chi connectivity index (χ0v) is 7.77. The van der Waals surface area contributed by atoms with E-state index in [1.165, 1.54) is 31.4 Å². The maximum absolute atomic E-state index is 5.24. The fourth-order valence-electron chi connectivity index (χ4n) is 1.02. The molecule has 0 aliphatic carbocycles. The molecule has 0 saturated carbocycles. The second kappa shape index (κ2) is 7.58. The van der Waals surface area contributed by atoms with Gasteiger partial charge in [0.15, 0.2) is 0 Å². The molecular formula is C9H20N2. The Morgan fingerprint density at radius 3 is 1.82 bits per heavy atom. The smallest absolute Gasteiger partial charge is 0.0375 e. The lowest BCUT2D eigenvalue weighted by atomic mass is 10.1. The van der Waals surface area contributed by atoms with Crippen LogP contribution in [-0.4, -0.2) is 5.71 Å². The van der Waals surface area contributed by atoms with Crippen LogP contribution in [-0.2, 0) is 0 Å². The average Bonchev–Trinajstić information content (AvgIpc) is 2.05. The largest absolute Gasteiger partial charge is 0.323 e. The molecule has 0 spiro atoms. The molecule has 0 atom stereocenters. The number of nitrogens with two attached hydrogens (primary N) is 1. The van der Waals surface area contributed by atoms with Crippen LogP contribution in [0.25, 0.3) is 0 Å². The van der Waals surface area contributed by atoms with Crippen molar-refractivity contribution >= 4 is 5.71 Å². The number of unbranched alkanes of at least 4 members (excludes halogenated alkanes) is 2. The maximum Gasteiger partial charge on any atom is 0.0375 e. The zero-order chi connectivity index (χ0) is 8.53. The van der Waals surface area contributed by atoms with E-state index in [0.717, 1.165) is 12.8 Å². The first-order chi connectivity index (χ1) is 5.35. The number of hydrogen-bond acceptors (Lipinski definition) is 2. The summed E-state index contributed by atoms with van der Waals surface area (Å²) in [6.45, 7) is 4.38. The fraction of sp³-hybridized carbons (Fsp3) is 0.889. The molecular weight excluding hydrogens is 136 g/mol. The lowest BCUT2D eigenvalue weighted by Crippen LogP contribution is -2.01. The Labute approximate surface area is 69.9 Å². The molecule has 0 aromatic heterocycles. The minimum absolute atomic E-state index is 1.09. The Kier molecular flexibility index (Phi) is 7.21. The topological polar surface area (TPSA) is 38.4 Å². The van der Waals surface area contributed by atoms with Gasteiger partial charge in [-0.25, -0.2) is 0 Å². The third kappa shape index (κ3) is 5.89. The molecule has 2 heteroatoms. The van der Waals surface area contributed by atoms with Crippen molar-refractivity contribution in [3.63, 3.8) is 0 Å². The summed E-state index contributed by atoms with van der Waals surface area (Å²) in [5.41, 5.74) is 1.19. The van der Waals surface area contributed by atoms with E-state index in [-0.39, 0.29) is 0 Å². The Balaban J connectivity index is 3.43. The summed E-state index contributed by atoms with van der Waals surface area (Å²) in [6.07, 6.45) is 7.08. The maximum atomic E-state index is 5.24. The van der Waals surface area contributed by atoms with Crippen LogP contribution in [0.3, 0.4) is 0 Å². The van der Waals surface area contributed by atoms with Crippen LogP contribution in [0.15, 0.2) is 5.10 Å². The zero-order valence-electron chi connectivity index (χ0n) is 7.77. The summed E-state index contributed by atoms with van der Waals surface area (Å²) >= 11 is 0. The number of hydrogen-bond donors (Lipinski definition) is 1. The molecule has 0 saturated heterocycles. The molecule has 0 fully saturated rings. The van der Waals surface area contributed by atoms with E-state index in [1.54, 1.807) is 0 Å². The van der Waals surface area contributed by atoms with Gasteiger partial charge in [0.1, 0.15) is 0 Å². The van der Waals surface area contributed by atoms with Gasteiger partial charge in [0.05, 0.1) is 0 Å². The standard InChI is InChI=1S/C9H20N2/c1-3-5-7-9(11-10)8-6-4-2/h3-8,10H2,1-2H3. The Morgan fingerprint density at radius 1 is 1.09 bits per heavy atom. The normalized spacial score (nSPS) is 9.64. The molecule has 0 aliphatic rings.